The Morgan fingerprint density at radius 2 is 1.81 bits per heavy atom. The maximum absolute atomic E-state index is 5.69. The van der Waals surface area contributed by atoms with E-state index < -0.39 is 0 Å². The smallest absolute Gasteiger partial charge is 0.191 e. The number of halogens is 1. The number of benzene rings is 2. The zero-order valence-electron chi connectivity index (χ0n) is 15.4. The van der Waals surface area contributed by atoms with Crippen LogP contribution in [-0.4, -0.2) is 31.1 Å². The zero-order valence-corrected chi connectivity index (χ0v) is 17.7. The first-order valence-corrected chi connectivity index (χ1v) is 8.82. The molecule has 0 saturated heterocycles. The summed E-state index contributed by atoms with van der Waals surface area (Å²) in [6, 6.07) is 20.1. The second kappa shape index (κ2) is 11.4. The van der Waals surface area contributed by atoms with E-state index in [0.29, 0.717) is 13.2 Å². The molecular formula is C21H25IN4O. The number of aliphatic imine (C=N–C) groups is 1. The van der Waals surface area contributed by atoms with Crippen LogP contribution in [0.15, 0.2) is 71.9 Å². The first kappa shape index (κ1) is 21.0. The second-order valence-corrected chi connectivity index (χ2v) is 5.86. The lowest BCUT2D eigenvalue weighted by Crippen LogP contribution is -2.37. The summed E-state index contributed by atoms with van der Waals surface area (Å²) in [4.78, 5) is 8.76. The fraction of sp³-hybridized carbons (Fsp3) is 0.238. The molecule has 0 aliphatic heterocycles. The highest BCUT2D eigenvalue weighted by atomic mass is 127. The molecule has 0 aliphatic rings. The predicted octanol–water partition coefficient (Wildman–Crippen LogP) is 3.99. The summed E-state index contributed by atoms with van der Waals surface area (Å²) < 4.78 is 5.69. The molecule has 0 unspecified atom stereocenters. The van der Waals surface area contributed by atoms with Gasteiger partial charge in [-0.3, -0.25) is 9.98 Å². The number of guanidine groups is 1. The summed E-state index contributed by atoms with van der Waals surface area (Å²) in [6.07, 6.45) is 2.72. The van der Waals surface area contributed by atoms with Crippen molar-refractivity contribution < 1.29 is 4.74 Å². The number of nitrogens with zero attached hydrogens (tertiary/aromatic N) is 2. The van der Waals surface area contributed by atoms with Crippen LogP contribution in [-0.2, 0) is 6.54 Å². The average molecular weight is 476 g/mol. The molecule has 1 aromatic heterocycles. The van der Waals surface area contributed by atoms with Gasteiger partial charge >= 0.3 is 0 Å². The first-order chi connectivity index (χ1) is 12.9. The molecule has 0 atom stereocenters. The van der Waals surface area contributed by atoms with Gasteiger partial charge in [-0.25, -0.2) is 0 Å². The molecule has 2 N–H and O–H groups in total. The number of nitrogens with one attached hydrogen (secondary N) is 2. The molecule has 0 aliphatic carbocycles. The van der Waals surface area contributed by atoms with Crippen molar-refractivity contribution in [1.82, 2.24) is 15.6 Å². The molecule has 0 fully saturated rings. The molecular weight excluding hydrogens is 451 g/mol. The van der Waals surface area contributed by atoms with Crippen LogP contribution in [0.5, 0.6) is 5.75 Å². The molecule has 0 spiro atoms. The third kappa shape index (κ3) is 6.39. The number of pyridine rings is 1. The summed E-state index contributed by atoms with van der Waals surface area (Å²) >= 11 is 0. The third-order valence-electron chi connectivity index (χ3n) is 4.01. The minimum absolute atomic E-state index is 0. The van der Waals surface area contributed by atoms with Crippen LogP contribution in [0.1, 0.15) is 12.0 Å². The molecule has 0 radical (unpaired) electrons. The molecule has 142 valence electrons. The van der Waals surface area contributed by atoms with E-state index >= 15 is 0 Å². The fourth-order valence-corrected chi connectivity index (χ4v) is 2.70. The minimum Gasteiger partial charge on any atom is -0.494 e. The van der Waals surface area contributed by atoms with E-state index in [2.05, 4.69) is 44.9 Å². The summed E-state index contributed by atoms with van der Waals surface area (Å²) in [5.74, 6) is 1.68. The highest BCUT2D eigenvalue weighted by molar-refractivity contribution is 14.0. The Morgan fingerprint density at radius 1 is 1.00 bits per heavy atom. The lowest BCUT2D eigenvalue weighted by atomic mass is 10.1. The molecule has 5 nitrogen and oxygen atoms in total. The maximum Gasteiger partial charge on any atom is 0.191 e. The van der Waals surface area contributed by atoms with Gasteiger partial charge in [0.15, 0.2) is 5.96 Å². The van der Waals surface area contributed by atoms with Gasteiger partial charge in [-0.2, -0.15) is 0 Å². The Hall–Kier alpha value is -2.35. The van der Waals surface area contributed by atoms with Crippen molar-refractivity contribution in [2.24, 2.45) is 4.99 Å². The van der Waals surface area contributed by atoms with E-state index in [-0.39, 0.29) is 24.0 Å². The molecule has 6 heteroatoms. The summed E-state index contributed by atoms with van der Waals surface area (Å²) in [5, 5.41) is 7.80. The standard InChI is InChI=1S/C21H24N4O.HI/c1-22-21(24-14-7-15-26-19-11-3-2-4-12-19)25-16-18-9-5-8-17-10-6-13-23-20(17)18;/h2-6,8-13H,7,14-16H2,1H3,(H2,22,24,25);1H. The molecule has 0 saturated carbocycles. The van der Waals surface area contributed by atoms with Gasteiger partial charge < -0.3 is 15.4 Å². The molecule has 3 rings (SSSR count). The normalized spacial score (nSPS) is 10.9. The summed E-state index contributed by atoms with van der Waals surface area (Å²) in [5.41, 5.74) is 2.17. The topological polar surface area (TPSA) is 58.5 Å². The van der Waals surface area contributed by atoms with Gasteiger partial charge in [0, 0.05) is 31.7 Å². The number of ether oxygens (including phenoxy) is 1. The van der Waals surface area contributed by atoms with Gasteiger partial charge in [0.2, 0.25) is 0 Å². The van der Waals surface area contributed by atoms with Crippen LogP contribution < -0.4 is 15.4 Å². The summed E-state index contributed by atoms with van der Waals surface area (Å²) in [6.45, 7) is 2.14. The number of fused-ring (bicyclic) bond motifs is 1. The third-order valence-corrected chi connectivity index (χ3v) is 4.01. The molecule has 0 bridgehead atoms. The van der Waals surface area contributed by atoms with E-state index in [1.54, 1.807) is 7.05 Å². The van der Waals surface area contributed by atoms with Crippen molar-refractivity contribution in [3.8, 4) is 5.75 Å². The molecule has 2 aromatic carbocycles. The van der Waals surface area contributed by atoms with Crippen molar-refractivity contribution in [2.75, 3.05) is 20.2 Å². The Kier molecular flexibility index (Phi) is 8.83. The van der Waals surface area contributed by atoms with Crippen LogP contribution in [0.25, 0.3) is 10.9 Å². The van der Waals surface area contributed by atoms with E-state index in [1.807, 2.05) is 42.6 Å². The number of aromatic nitrogens is 1. The van der Waals surface area contributed by atoms with Crippen molar-refractivity contribution in [1.29, 1.82) is 0 Å². The van der Waals surface area contributed by atoms with Crippen LogP contribution in [0, 0.1) is 0 Å². The average Bonchev–Trinajstić information content (AvgIpc) is 2.71. The Morgan fingerprint density at radius 3 is 2.63 bits per heavy atom. The van der Waals surface area contributed by atoms with Crippen LogP contribution in [0.2, 0.25) is 0 Å². The number of para-hydroxylation sites is 2. The SMILES string of the molecule is CN=C(NCCCOc1ccccc1)NCc1cccc2cccnc12.I. The molecule has 1 heterocycles. The van der Waals surface area contributed by atoms with Gasteiger partial charge in [0.1, 0.15) is 5.75 Å². The van der Waals surface area contributed by atoms with E-state index in [1.165, 1.54) is 0 Å². The van der Waals surface area contributed by atoms with Gasteiger partial charge in [-0.1, -0.05) is 42.5 Å². The monoisotopic (exact) mass is 476 g/mol. The van der Waals surface area contributed by atoms with Crippen molar-refractivity contribution >= 4 is 40.8 Å². The Bertz CT molecular complexity index is 850. The van der Waals surface area contributed by atoms with Crippen LogP contribution >= 0.6 is 24.0 Å². The lowest BCUT2D eigenvalue weighted by Gasteiger charge is -2.13. The number of rotatable bonds is 7. The predicted molar refractivity (Wildman–Crippen MR) is 122 cm³/mol. The van der Waals surface area contributed by atoms with Crippen molar-refractivity contribution in [3.05, 3.63) is 72.4 Å². The van der Waals surface area contributed by atoms with Crippen LogP contribution in [0.3, 0.4) is 0 Å². The van der Waals surface area contributed by atoms with Gasteiger partial charge in [0.25, 0.3) is 0 Å². The first-order valence-electron chi connectivity index (χ1n) is 8.82. The van der Waals surface area contributed by atoms with Crippen molar-refractivity contribution in [2.45, 2.75) is 13.0 Å². The highest BCUT2D eigenvalue weighted by Crippen LogP contribution is 2.15. The fourth-order valence-electron chi connectivity index (χ4n) is 2.70. The number of hydrogen-bond donors (Lipinski definition) is 2. The maximum atomic E-state index is 5.69. The molecule has 0 amide bonds. The largest absolute Gasteiger partial charge is 0.494 e. The molecule has 27 heavy (non-hydrogen) atoms. The lowest BCUT2D eigenvalue weighted by molar-refractivity contribution is 0.311. The van der Waals surface area contributed by atoms with Gasteiger partial charge in [-0.15, -0.1) is 24.0 Å². The van der Waals surface area contributed by atoms with Gasteiger partial charge in [0.05, 0.1) is 12.1 Å². The summed E-state index contributed by atoms with van der Waals surface area (Å²) in [7, 11) is 1.77. The highest BCUT2D eigenvalue weighted by Gasteiger charge is 2.03. The minimum atomic E-state index is 0. The Balaban J connectivity index is 0.00000261. The van der Waals surface area contributed by atoms with Crippen LogP contribution in [0.4, 0.5) is 0 Å². The quantitative estimate of drug-likeness (QED) is 0.235. The van der Waals surface area contributed by atoms with E-state index in [0.717, 1.165) is 41.1 Å². The number of hydrogen-bond acceptors (Lipinski definition) is 3. The van der Waals surface area contributed by atoms with Gasteiger partial charge in [-0.05, 0) is 30.2 Å². The Labute approximate surface area is 177 Å². The van der Waals surface area contributed by atoms with Crippen molar-refractivity contribution in [3.63, 3.8) is 0 Å². The molecule has 3 aromatic rings. The van der Waals surface area contributed by atoms with E-state index in [9.17, 15) is 0 Å². The zero-order chi connectivity index (χ0) is 18.0. The van der Waals surface area contributed by atoms with E-state index in [4.69, 9.17) is 4.74 Å². The second-order valence-electron chi connectivity index (χ2n) is 5.86.